The second kappa shape index (κ2) is 5.79. The average molecular weight is 326 g/mol. The van der Waals surface area contributed by atoms with Crippen LogP contribution in [0.15, 0.2) is 16.6 Å². The van der Waals surface area contributed by atoms with E-state index in [2.05, 4.69) is 9.71 Å². The maximum absolute atomic E-state index is 12.1. The zero-order valence-electron chi connectivity index (χ0n) is 9.59. The van der Waals surface area contributed by atoms with Gasteiger partial charge in [0.1, 0.15) is 0 Å². The number of imidazole rings is 1. The van der Waals surface area contributed by atoms with Gasteiger partial charge in [0.25, 0.3) is 10.0 Å². The van der Waals surface area contributed by atoms with Crippen LogP contribution in [0.4, 0.5) is 0 Å². The van der Waals surface area contributed by atoms with Crippen LogP contribution in [0.3, 0.4) is 0 Å². The number of hydrogen-bond donors (Lipinski definition) is 1. The van der Waals surface area contributed by atoms with E-state index in [1.807, 2.05) is 6.26 Å². The Morgan fingerprint density at radius 3 is 3.11 bits per heavy atom. The van der Waals surface area contributed by atoms with Crippen molar-refractivity contribution in [1.82, 2.24) is 14.1 Å². The summed E-state index contributed by atoms with van der Waals surface area (Å²) in [6, 6.07) is 0. The Bertz CT molecular complexity index is 635. The molecule has 0 spiro atoms. The molecule has 0 saturated heterocycles. The lowest BCUT2D eigenvalue weighted by atomic mass is 10.5. The molecule has 5 nitrogen and oxygen atoms in total. The van der Waals surface area contributed by atoms with Crippen LogP contribution in [0.1, 0.15) is 6.42 Å². The first-order chi connectivity index (χ1) is 8.56. The lowest BCUT2D eigenvalue weighted by Gasteiger charge is -2.05. The zero-order valence-corrected chi connectivity index (χ0v) is 12.8. The fraction of sp³-hybridized carbons (Fsp3) is 0.444. The quantitative estimate of drug-likeness (QED) is 0.826. The normalized spacial score (nSPS) is 12.3. The van der Waals surface area contributed by atoms with E-state index in [0.717, 1.165) is 12.2 Å². The molecule has 2 aromatic rings. The van der Waals surface area contributed by atoms with Crippen LogP contribution in [-0.4, -0.2) is 36.4 Å². The molecule has 2 rings (SSSR count). The molecular formula is C9H12ClN3O2S3. The first-order valence-electron chi connectivity index (χ1n) is 5.16. The number of sulfonamides is 1. The predicted molar refractivity (Wildman–Crippen MR) is 76.3 cm³/mol. The lowest BCUT2D eigenvalue weighted by molar-refractivity contribution is 0.576. The van der Waals surface area contributed by atoms with E-state index >= 15 is 0 Å². The van der Waals surface area contributed by atoms with Gasteiger partial charge >= 0.3 is 0 Å². The molecule has 0 saturated carbocycles. The first kappa shape index (κ1) is 14.1. The molecule has 1 N–H and O–H groups in total. The number of nitrogens with one attached hydrogen (secondary N) is 1. The highest BCUT2D eigenvalue weighted by molar-refractivity contribution is 7.98. The minimum Gasteiger partial charge on any atom is -0.279 e. The van der Waals surface area contributed by atoms with Crippen molar-refractivity contribution in [3.8, 4) is 0 Å². The van der Waals surface area contributed by atoms with E-state index in [4.69, 9.17) is 11.6 Å². The van der Waals surface area contributed by atoms with E-state index < -0.39 is 10.0 Å². The molecule has 0 aliphatic carbocycles. The number of nitrogens with zero attached hydrogens (tertiary/aromatic N) is 2. The smallest absolute Gasteiger partial charge is 0.259 e. The maximum atomic E-state index is 12.1. The molecule has 0 aliphatic heterocycles. The van der Waals surface area contributed by atoms with Gasteiger partial charge in [0, 0.05) is 18.1 Å². The van der Waals surface area contributed by atoms with Crippen molar-refractivity contribution in [3.05, 3.63) is 16.7 Å². The van der Waals surface area contributed by atoms with Gasteiger partial charge in [-0.05, 0) is 18.4 Å². The van der Waals surface area contributed by atoms with Crippen molar-refractivity contribution in [2.45, 2.75) is 11.4 Å². The summed E-state index contributed by atoms with van der Waals surface area (Å²) >= 11 is 8.91. The fourth-order valence-electron chi connectivity index (χ4n) is 1.47. The van der Waals surface area contributed by atoms with Crippen molar-refractivity contribution in [2.75, 3.05) is 18.6 Å². The second-order valence-corrected chi connectivity index (χ2v) is 7.41. The van der Waals surface area contributed by atoms with Crippen molar-refractivity contribution in [2.24, 2.45) is 0 Å². The Morgan fingerprint density at radius 2 is 2.39 bits per heavy atom. The highest BCUT2D eigenvalue weighted by Gasteiger charge is 2.24. The number of rotatable bonds is 6. The Hall–Kier alpha value is -0.280. The molecule has 0 unspecified atom stereocenters. The fourth-order valence-corrected chi connectivity index (χ4v) is 4.42. The summed E-state index contributed by atoms with van der Waals surface area (Å²) in [5.41, 5.74) is 0. The summed E-state index contributed by atoms with van der Waals surface area (Å²) < 4.78 is 28.3. The van der Waals surface area contributed by atoms with Crippen LogP contribution >= 0.6 is 34.7 Å². The molecule has 0 aliphatic rings. The monoisotopic (exact) mass is 325 g/mol. The van der Waals surface area contributed by atoms with E-state index in [1.165, 1.54) is 15.7 Å². The van der Waals surface area contributed by atoms with Crippen LogP contribution in [0, 0.1) is 0 Å². The van der Waals surface area contributed by atoms with Gasteiger partial charge in [-0.25, -0.2) is 18.1 Å². The minimum atomic E-state index is -3.61. The number of fused-ring (bicyclic) bond motifs is 1. The van der Waals surface area contributed by atoms with E-state index in [-0.39, 0.29) is 10.2 Å². The predicted octanol–water partition coefficient (Wildman–Crippen LogP) is 2.08. The second-order valence-electron chi connectivity index (χ2n) is 3.51. The van der Waals surface area contributed by atoms with E-state index in [9.17, 15) is 8.42 Å². The number of thiazole rings is 1. The van der Waals surface area contributed by atoms with Gasteiger partial charge in [-0.1, -0.05) is 11.6 Å². The standard InChI is InChI=1S/C9H12ClN3O2S3/c1-16-5-2-3-11-18(14,15)8-7(10)12-9-13(8)4-6-17-9/h4,6,11H,2-3,5H2,1H3. The maximum Gasteiger partial charge on any atom is 0.259 e. The van der Waals surface area contributed by atoms with Gasteiger partial charge in [0.15, 0.2) is 15.1 Å². The molecule has 0 aromatic carbocycles. The summed E-state index contributed by atoms with van der Waals surface area (Å²) in [7, 11) is -3.61. The molecule has 0 atom stereocenters. The van der Waals surface area contributed by atoms with Crippen LogP contribution in [-0.2, 0) is 10.0 Å². The van der Waals surface area contributed by atoms with Crippen molar-refractivity contribution < 1.29 is 8.42 Å². The number of hydrogen-bond acceptors (Lipinski definition) is 5. The van der Waals surface area contributed by atoms with Crippen molar-refractivity contribution >= 4 is 49.7 Å². The van der Waals surface area contributed by atoms with Crippen molar-refractivity contribution in [3.63, 3.8) is 0 Å². The molecule has 100 valence electrons. The first-order valence-corrected chi connectivity index (χ1v) is 9.29. The van der Waals surface area contributed by atoms with E-state index in [1.54, 1.807) is 23.3 Å². The summed E-state index contributed by atoms with van der Waals surface area (Å²) in [5.74, 6) is 0.913. The third-order valence-corrected chi connectivity index (χ3v) is 5.56. The zero-order chi connectivity index (χ0) is 13.2. The molecule has 0 radical (unpaired) electrons. The summed E-state index contributed by atoms with van der Waals surface area (Å²) in [6.07, 6.45) is 4.41. The highest BCUT2D eigenvalue weighted by Crippen LogP contribution is 2.25. The van der Waals surface area contributed by atoms with Crippen molar-refractivity contribution in [1.29, 1.82) is 0 Å². The Kier molecular flexibility index (Phi) is 4.54. The largest absolute Gasteiger partial charge is 0.279 e. The number of aromatic nitrogens is 2. The van der Waals surface area contributed by atoms with E-state index in [0.29, 0.717) is 11.5 Å². The van der Waals surface area contributed by atoms with Crippen LogP contribution in [0.2, 0.25) is 5.15 Å². The number of halogens is 1. The van der Waals surface area contributed by atoms with Gasteiger partial charge in [0.05, 0.1) is 0 Å². The van der Waals surface area contributed by atoms with Crippen LogP contribution < -0.4 is 4.72 Å². The van der Waals surface area contributed by atoms with Gasteiger partial charge < -0.3 is 0 Å². The summed E-state index contributed by atoms with van der Waals surface area (Å²) in [5, 5.41) is 1.80. The molecule has 18 heavy (non-hydrogen) atoms. The van der Waals surface area contributed by atoms with Crippen LogP contribution in [0.25, 0.3) is 4.96 Å². The van der Waals surface area contributed by atoms with Gasteiger partial charge in [-0.3, -0.25) is 4.40 Å². The average Bonchev–Trinajstić information content (AvgIpc) is 2.83. The Morgan fingerprint density at radius 1 is 1.61 bits per heavy atom. The molecule has 2 heterocycles. The molecule has 0 fully saturated rings. The third kappa shape index (κ3) is 2.83. The summed E-state index contributed by atoms with van der Waals surface area (Å²) in [4.78, 5) is 4.58. The van der Waals surface area contributed by atoms with Crippen LogP contribution in [0.5, 0.6) is 0 Å². The molecule has 9 heteroatoms. The SMILES string of the molecule is CSCCCNS(=O)(=O)c1c(Cl)nc2sccn12. The highest BCUT2D eigenvalue weighted by atomic mass is 35.5. The van der Waals surface area contributed by atoms with Gasteiger partial charge in [-0.15, -0.1) is 11.3 Å². The molecular weight excluding hydrogens is 314 g/mol. The van der Waals surface area contributed by atoms with Gasteiger partial charge in [0.2, 0.25) is 0 Å². The topological polar surface area (TPSA) is 63.5 Å². The summed E-state index contributed by atoms with van der Waals surface area (Å²) in [6.45, 7) is 0.400. The molecule has 2 aromatic heterocycles. The Labute approximate surface area is 119 Å². The minimum absolute atomic E-state index is 0.0132. The molecule has 0 bridgehead atoms. The lowest BCUT2D eigenvalue weighted by Crippen LogP contribution is -2.26. The third-order valence-electron chi connectivity index (χ3n) is 2.25. The molecule has 0 amide bonds. The number of thioether (sulfide) groups is 1. The Balaban J connectivity index is 2.23. The van der Waals surface area contributed by atoms with Gasteiger partial charge in [-0.2, -0.15) is 11.8 Å².